The first kappa shape index (κ1) is 12.6. The fourth-order valence-electron chi connectivity index (χ4n) is 1.54. The zero-order valence-corrected chi connectivity index (χ0v) is 10.1. The molecule has 0 atom stereocenters. The van der Waals surface area contributed by atoms with Crippen LogP contribution >= 0.6 is 0 Å². The SMILES string of the molecule is COc1ccc(C(C)(C)CO)c(O)c1OC. The van der Waals surface area contributed by atoms with Gasteiger partial charge in [0.15, 0.2) is 11.5 Å². The summed E-state index contributed by atoms with van der Waals surface area (Å²) in [5.74, 6) is 0.778. The van der Waals surface area contributed by atoms with E-state index in [1.54, 1.807) is 12.1 Å². The zero-order valence-electron chi connectivity index (χ0n) is 10.1. The molecule has 1 aromatic carbocycles. The Morgan fingerprint density at radius 1 is 1.19 bits per heavy atom. The molecule has 0 aliphatic carbocycles. The average Bonchev–Trinajstić information content (AvgIpc) is 2.28. The summed E-state index contributed by atoms with van der Waals surface area (Å²) in [5, 5.41) is 19.3. The Balaban J connectivity index is 3.35. The maximum absolute atomic E-state index is 10.1. The Bertz CT molecular complexity index is 372. The second-order valence-corrected chi connectivity index (χ2v) is 4.24. The number of phenolic OH excluding ortho intramolecular Hbond substituents is 1. The van der Waals surface area contributed by atoms with Crippen LogP contribution in [0.3, 0.4) is 0 Å². The average molecular weight is 226 g/mol. The lowest BCUT2D eigenvalue weighted by Crippen LogP contribution is -2.22. The molecule has 0 spiro atoms. The van der Waals surface area contributed by atoms with E-state index in [0.29, 0.717) is 17.1 Å². The van der Waals surface area contributed by atoms with Gasteiger partial charge in [-0.15, -0.1) is 0 Å². The molecular formula is C12H18O4. The Morgan fingerprint density at radius 2 is 1.81 bits per heavy atom. The molecule has 0 bridgehead atoms. The van der Waals surface area contributed by atoms with Crippen LogP contribution in [0, 0.1) is 0 Å². The van der Waals surface area contributed by atoms with Gasteiger partial charge in [-0.1, -0.05) is 19.9 Å². The molecule has 1 aromatic rings. The molecule has 0 aliphatic rings. The fraction of sp³-hybridized carbons (Fsp3) is 0.500. The Morgan fingerprint density at radius 3 is 2.25 bits per heavy atom. The molecule has 1 rings (SSSR count). The second-order valence-electron chi connectivity index (χ2n) is 4.24. The van der Waals surface area contributed by atoms with Crippen LogP contribution in [0.2, 0.25) is 0 Å². The van der Waals surface area contributed by atoms with Gasteiger partial charge in [-0.25, -0.2) is 0 Å². The van der Waals surface area contributed by atoms with Crippen molar-refractivity contribution >= 4 is 0 Å². The number of benzene rings is 1. The third-order valence-corrected chi connectivity index (χ3v) is 2.64. The van der Waals surface area contributed by atoms with Crippen molar-refractivity contribution < 1.29 is 19.7 Å². The van der Waals surface area contributed by atoms with Crippen molar-refractivity contribution in [3.05, 3.63) is 17.7 Å². The minimum atomic E-state index is -0.524. The van der Waals surface area contributed by atoms with Gasteiger partial charge < -0.3 is 19.7 Å². The lowest BCUT2D eigenvalue weighted by molar-refractivity contribution is 0.214. The Hall–Kier alpha value is -1.42. The number of methoxy groups -OCH3 is 2. The Kier molecular flexibility index (Phi) is 3.65. The first-order valence-electron chi connectivity index (χ1n) is 5.03. The molecular weight excluding hydrogens is 208 g/mol. The molecule has 0 unspecified atom stereocenters. The van der Waals surface area contributed by atoms with Crippen LogP contribution < -0.4 is 9.47 Å². The summed E-state index contributed by atoms with van der Waals surface area (Å²) >= 11 is 0. The van der Waals surface area contributed by atoms with Gasteiger partial charge in [0.2, 0.25) is 5.75 Å². The highest BCUT2D eigenvalue weighted by atomic mass is 16.5. The fourth-order valence-corrected chi connectivity index (χ4v) is 1.54. The number of aliphatic hydroxyl groups excluding tert-OH is 1. The third-order valence-electron chi connectivity index (χ3n) is 2.64. The van der Waals surface area contributed by atoms with E-state index >= 15 is 0 Å². The van der Waals surface area contributed by atoms with Crippen LogP contribution in [0.1, 0.15) is 19.4 Å². The molecule has 4 heteroatoms. The summed E-state index contributed by atoms with van der Waals surface area (Å²) in [6.07, 6.45) is 0. The molecule has 0 amide bonds. The number of ether oxygens (including phenoxy) is 2. The van der Waals surface area contributed by atoms with Crippen LogP contribution in [-0.4, -0.2) is 31.0 Å². The molecule has 0 saturated heterocycles. The first-order valence-corrected chi connectivity index (χ1v) is 5.03. The molecule has 0 aromatic heterocycles. The van der Waals surface area contributed by atoms with E-state index in [1.807, 2.05) is 13.8 Å². The van der Waals surface area contributed by atoms with Crippen molar-refractivity contribution in [2.45, 2.75) is 19.3 Å². The molecule has 16 heavy (non-hydrogen) atoms. The van der Waals surface area contributed by atoms with E-state index in [1.165, 1.54) is 14.2 Å². The molecule has 0 fully saturated rings. The number of hydrogen-bond donors (Lipinski definition) is 2. The van der Waals surface area contributed by atoms with Gasteiger partial charge in [0.1, 0.15) is 0 Å². The monoisotopic (exact) mass is 226 g/mol. The molecule has 2 N–H and O–H groups in total. The van der Waals surface area contributed by atoms with Gasteiger partial charge in [0, 0.05) is 11.0 Å². The molecule has 90 valence electrons. The van der Waals surface area contributed by atoms with E-state index in [9.17, 15) is 10.2 Å². The smallest absolute Gasteiger partial charge is 0.203 e. The lowest BCUT2D eigenvalue weighted by Gasteiger charge is -2.24. The van der Waals surface area contributed by atoms with E-state index in [-0.39, 0.29) is 12.4 Å². The van der Waals surface area contributed by atoms with E-state index in [2.05, 4.69) is 0 Å². The van der Waals surface area contributed by atoms with Gasteiger partial charge in [0.05, 0.1) is 20.8 Å². The maximum Gasteiger partial charge on any atom is 0.203 e. The minimum absolute atomic E-state index is 0.0147. The van der Waals surface area contributed by atoms with Gasteiger partial charge >= 0.3 is 0 Å². The summed E-state index contributed by atoms with van der Waals surface area (Å²) < 4.78 is 10.2. The third kappa shape index (κ3) is 2.07. The summed E-state index contributed by atoms with van der Waals surface area (Å²) in [6.45, 7) is 3.62. The van der Waals surface area contributed by atoms with Crippen LogP contribution in [0.25, 0.3) is 0 Å². The first-order chi connectivity index (χ1) is 7.47. The van der Waals surface area contributed by atoms with E-state index in [0.717, 1.165) is 0 Å². The van der Waals surface area contributed by atoms with Gasteiger partial charge in [0.25, 0.3) is 0 Å². The number of hydrogen-bond acceptors (Lipinski definition) is 4. The zero-order chi connectivity index (χ0) is 12.3. The quantitative estimate of drug-likeness (QED) is 0.820. The number of aromatic hydroxyl groups is 1. The highest BCUT2D eigenvalue weighted by Gasteiger charge is 2.26. The van der Waals surface area contributed by atoms with Crippen molar-refractivity contribution in [3.63, 3.8) is 0 Å². The van der Waals surface area contributed by atoms with Crippen LogP contribution in [0.5, 0.6) is 17.2 Å². The van der Waals surface area contributed by atoms with Gasteiger partial charge in [-0.3, -0.25) is 0 Å². The topological polar surface area (TPSA) is 58.9 Å². The molecule has 0 aliphatic heterocycles. The molecule has 0 heterocycles. The molecule has 4 nitrogen and oxygen atoms in total. The summed E-state index contributed by atoms with van der Waals surface area (Å²) in [7, 11) is 2.97. The minimum Gasteiger partial charge on any atom is -0.504 e. The highest BCUT2D eigenvalue weighted by Crippen LogP contribution is 2.43. The van der Waals surface area contributed by atoms with Crippen LogP contribution in [-0.2, 0) is 5.41 Å². The second kappa shape index (κ2) is 4.61. The maximum atomic E-state index is 10.1. The van der Waals surface area contributed by atoms with Crippen LogP contribution in [0.4, 0.5) is 0 Å². The lowest BCUT2D eigenvalue weighted by atomic mass is 9.84. The van der Waals surface area contributed by atoms with Crippen molar-refractivity contribution in [2.75, 3.05) is 20.8 Å². The number of aliphatic hydroxyl groups is 1. The van der Waals surface area contributed by atoms with E-state index in [4.69, 9.17) is 9.47 Å². The van der Waals surface area contributed by atoms with Gasteiger partial charge in [-0.05, 0) is 6.07 Å². The standard InChI is InChI=1S/C12H18O4/c1-12(2,7-13)8-5-6-9(15-3)11(16-4)10(8)14/h5-6,13-14H,7H2,1-4H3. The van der Waals surface area contributed by atoms with Gasteiger partial charge in [-0.2, -0.15) is 0 Å². The highest BCUT2D eigenvalue weighted by molar-refractivity contribution is 5.56. The molecule has 0 saturated carbocycles. The van der Waals surface area contributed by atoms with Crippen molar-refractivity contribution in [2.24, 2.45) is 0 Å². The number of rotatable bonds is 4. The van der Waals surface area contributed by atoms with Crippen molar-refractivity contribution in [1.82, 2.24) is 0 Å². The predicted molar refractivity (Wildman–Crippen MR) is 61.3 cm³/mol. The molecule has 0 radical (unpaired) electrons. The Labute approximate surface area is 95.4 Å². The summed E-state index contributed by atoms with van der Waals surface area (Å²) in [6, 6.07) is 3.44. The predicted octanol–water partition coefficient (Wildman–Crippen LogP) is 1.68. The normalized spacial score (nSPS) is 11.3. The summed E-state index contributed by atoms with van der Waals surface area (Å²) in [4.78, 5) is 0. The number of phenols is 1. The summed E-state index contributed by atoms with van der Waals surface area (Å²) in [5.41, 5.74) is 0.108. The van der Waals surface area contributed by atoms with E-state index < -0.39 is 5.41 Å². The van der Waals surface area contributed by atoms with Crippen LogP contribution in [0.15, 0.2) is 12.1 Å². The van der Waals surface area contributed by atoms with Crippen molar-refractivity contribution in [1.29, 1.82) is 0 Å². The van der Waals surface area contributed by atoms with Crippen molar-refractivity contribution in [3.8, 4) is 17.2 Å². The largest absolute Gasteiger partial charge is 0.504 e.